The summed E-state index contributed by atoms with van der Waals surface area (Å²) in [7, 11) is 0. The van der Waals surface area contributed by atoms with Crippen molar-refractivity contribution in [2.75, 3.05) is 0 Å². The van der Waals surface area contributed by atoms with Gasteiger partial charge in [-0.15, -0.1) is 5.10 Å². The Morgan fingerprint density at radius 1 is 1.12 bits per heavy atom. The van der Waals surface area contributed by atoms with Gasteiger partial charge >= 0.3 is 0 Å². The SMILES string of the molecule is CCc1c/c(=N/NC(=O)[C@H](N)c2ccccc2)oc2cc3c(cc12)CCC1(CCCCC1)O3. The van der Waals surface area contributed by atoms with Gasteiger partial charge < -0.3 is 14.9 Å². The van der Waals surface area contributed by atoms with Gasteiger partial charge in [0.05, 0.1) is 0 Å². The molecule has 0 saturated heterocycles. The summed E-state index contributed by atoms with van der Waals surface area (Å²) in [5, 5.41) is 5.29. The largest absolute Gasteiger partial charge is 0.487 e. The predicted molar refractivity (Wildman–Crippen MR) is 127 cm³/mol. The lowest BCUT2D eigenvalue weighted by atomic mass is 9.79. The number of fused-ring (bicyclic) bond motifs is 2. The second-order valence-corrected chi connectivity index (χ2v) is 9.24. The summed E-state index contributed by atoms with van der Waals surface area (Å²) in [6.07, 6.45) is 8.99. The Balaban J connectivity index is 1.45. The first-order chi connectivity index (χ1) is 16.1. The first-order valence-electron chi connectivity index (χ1n) is 12.0. The Morgan fingerprint density at radius 3 is 2.67 bits per heavy atom. The van der Waals surface area contributed by atoms with Crippen molar-refractivity contribution < 1.29 is 13.9 Å². The summed E-state index contributed by atoms with van der Waals surface area (Å²) in [5.74, 6) is 0.538. The number of hydrogen-bond donors (Lipinski definition) is 2. The van der Waals surface area contributed by atoms with Crippen molar-refractivity contribution in [1.29, 1.82) is 0 Å². The normalized spacial score (nSPS) is 18.5. The van der Waals surface area contributed by atoms with Crippen LogP contribution in [0.15, 0.2) is 58.0 Å². The topological polar surface area (TPSA) is 89.9 Å². The highest BCUT2D eigenvalue weighted by molar-refractivity contribution is 5.83. The highest BCUT2D eigenvalue weighted by atomic mass is 16.5. The van der Waals surface area contributed by atoms with Gasteiger partial charge in [0.25, 0.3) is 5.91 Å². The van der Waals surface area contributed by atoms with E-state index < -0.39 is 6.04 Å². The molecule has 6 nitrogen and oxygen atoms in total. The maximum Gasteiger partial charge on any atom is 0.261 e. The van der Waals surface area contributed by atoms with Gasteiger partial charge in [-0.25, -0.2) is 5.43 Å². The van der Waals surface area contributed by atoms with Crippen LogP contribution in [0.1, 0.15) is 68.2 Å². The molecule has 33 heavy (non-hydrogen) atoms. The van der Waals surface area contributed by atoms with E-state index >= 15 is 0 Å². The molecule has 1 spiro atoms. The molecule has 1 aliphatic carbocycles. The minimum Gasteiger partial charge on any atom is -0.487 e. The number of amides is 1. The summed E-state index contributed by atoms with van der Waals surface area (Å²) >= 11 is 0. The van der Waals surface area contributed by atoms with Gasteiger partial charge in [-0.2, -0.15) is 0 Å². The maximum absolute atomic E-state index is 12.5. The Hall–Kier alpha value is -3.12. The number of nitrogens with two attached hydrogens (primary N) is 1. The second kappa shape index (κ2) is 9.02. The van der Waals surface area contributed by atoms with E-state index in [0.717, 1.165) is 59.9 Å². The molecule has 6 heteroatoms. The number of carbonyl (C=O) groups excluding carboxylic acids is 1. The van der Waals surface area contributed by atoms with Crippen molar-refractivity contribution >= 4 is 16.9 Å². The van der Waals surface area contributed by atoms with E-state index in [2.05, 4.69) is 23.5 Å². The monoisotopic (exact) mass is 445 g/mol. The highest BCUT2D eigenvalue weighted by Gasteiger charge is 2.37. The Bertz CT molecular complexity index is 1230. The maximum atomic E-state index is 12.5. The minimum atomic E-state index is -0.798. The van der Waals surface area contributed by atoms with Crippen molar-refractivity contribution in [1.82, 2.24) is 5.43 Å². The van der Waals surface area contributed by atoms with Gasteiger partial charge in [-0.1, -0.05) is 43.7 Å². The van der Waals surface area contributed by atoms with E-state index in [1.807, 2.05) is 42.5 Å². The van der Waals surface area contributed by atoms with Gasteiger partial charge in [-0.3, -0.25) is 4.79 Å². The fourth-order valence-corrected chi connectivity index (χ4v) is 5.13. The third-order valence-electron chi connectivity index (χ3n) is 7.06. The Labute approximate surface area is 193 Å². The molecule has 1 atom stereocenters. The fraction of sp³-hybridized carbons (Fsp3) is 0.407. The van der Waals surface area contributed by atoms with Crippen LogP contribution in [0.25, 0.3) is 11.0 Å². The number of benzene rings is 2. The molecule has 3 aromatic rings. The second-order valence-electron chi connectivity index (χ2n) is 9.24. The Morgan fingerprint density at radius 2 is 1.91 bits per heavy atom. The van der Waals surface area contributed by atoms with E-state index in [1.54, 1.807) is 0 Å². The molecule has 2 aliphatic rings. The van der Waals surface area contributed by atoms with Crippen LogP contribution in [0.5, 0.6) is 5.75 Å². The van der Waals surface area contributed by atoms with Crippen LogP contribution in [0.3, 0.4) is 0 Å². The lowest BCUT2D eigenvalue weighted by Crippen LogP contribution is -2.41. The van der Waals surface area contributed by atoms with Gasteiger partial charge in [0.15, 0.2) is 0 Å². The Kier molecular flexibility index (Phi) is 5.94. The lowest BCUT2D eigenvalue weighted by molar-refractivity contribution is -0.122. The van der Waals surface area contributed by atoms with Crippen molar-refractivity contribution in [3.8, 4) is 5.75 Å². The van der Waals surface area contributed by atoms with Crippen molar-refractivity contribution in [3.63, 3.8) is 0 Å². The molecular formula is C27H31N3O3. The zero-order valence-electron chi connectivity index (χ0n) is 19.1. The van der Waals surface area contributed by atoms with Crippen LogP contribution in [0.2, 0.25) is 0 Å². The predicted octanol–water partition coefficient (Wildman–Crippen LogP) is 4.66. The van der Waals surface area contributed by atoms with Crippen LogP contribution < -0.4 is 21.5 Å². The first kappa shape index (κ1) is 21.7. The lowest BCUT2D eigenvalue weighted by Gasteiger charge is -2.41. The summed E-state index contributed by atoms with van der Waals surface area (Å²) in [6, 6.07) is 14.5. The quantitative estimate of drug-likeness (QED) is 0.572. The molecule has 0 unspecified atom stereocenters. The molecule has 2 heterocycles. The molecule has 2 aromatic carbocycles. The van der Waals surface area contributed by atoms with Crippen molar-refractivity contribution in [2.45, 2.75) is 69.9 Å². The van der Waals surface area contributed by atoms with Crippen molar-refractivity contribution in [2.24, 2.45) is 10.8 Å². The fourth-order valence-electron chi connectivity index (χ4n) is 5.13. The molecule has 1 aliphatic heterocycles. The number of nitrogens with zero attached hydrogens (tertiary/aromatic N) is 1. The molecule has 0 radical (unpaired) electrons. The van der Waals surface area contributed by atoms with Crippen molar-refractivity contribution in [3.05, 3.63) is 70.8 Å². The molecule has 3 N–H and O–H groups in total. The van der Waals surface area contributed by atoms with Crippen LogP contribution in [-0.4, -0.2) is 11.5 Å². The van der Waals surface area contributed by atoms with E-state index in [4.69, 9.17) is 14.9 Å². The molecular weight excluding hydrogens is 414 g/mol. The van der Waals surface area contributed by atoms with Crippen LogP contribution in [-0.2, 0) is 17.6 Å². The molecule has 5 rings (SSSR count). The molecule has 1 fully saturated rings. The van der Waals surface area contributed by atoms with Crippen LogP contribution in [0.4, 0.5) is 0 Å². The average Bonchev–Trinajstić information content (AvgIpc) is 2.86. The minimum absolute atomic E-state index is 0.0178. The van der Waals surface area contributed by atoms with Crippen LogP contribution in [0, 0.1) is 0 Å². The number of carbonyl (C=O) groups is 1. The van der Waals surface area contributed by atoms with E-state index in [1.165, 1.54) is 24.8 Å². The van der Waals surface area contributed by atoms with Gasteiger partial charge in [0.2, 0.25) is 5.55 Å². The third kappa shape index (κ3) is 4.40. The zero-order chi connectivity index (χ0) is 22.8. The van der Waals surface area contributed by atoms with Crippen LogP contribution >= 0.6 is 0 Å². The summed E-state index contributed by atoms with van der Waals surface area (Å²) in [6.45, 7) is 2.11. The summed E-state index contributed by atoms with van der Waals surface area (Å²) in [4.78, 5) is 12.5. The highest BCUT2D eigenvalue weighted by Crippen LogP contribution is 2.43. The molecule has 1 aromatic heterocycles. The third-order valence-corrected chi connectivity index (χ3v) is 7.06. The number of ether oxygens (including phenoxy) is 1. The van der Waals surface area contributed by atoms with E-state index in [0.29, 0.717) is 5.55 Å². The molecule has 0 bridgehead atoms. The van der Waals surface area contributed by atoms with E-state index in [9.17, 15) is 4.79 Å². The number of hydrogen-bond acceptors (Lipinski definition) is 5. The van der Waals surface area contributed by atoms with Gasteiger partial charge in [0, 0.05) is 17.5 Å². The smallest absolute Gasteiger partial charge is 0.261 e. The molecule has 1 saturated carbocycles. The molecule has 1 amide bonds. The first-order valence-corrected chi connectivity index (χ1v) is 12.0. The molecule has 172 valence electrons. The van der Waals surface area contributed by atoms with E-state index in [-0.39, 0.29) is 11.5 Å². The summed E-state index contributed by atoms with van der Waals surface area (Å²) < 4.78 is 12.7. The number of nitrogens with one attached hydrogen (secondary N) is 1. The van der Waals surface area contributed by atoms with Gasteiger partial charge in [-0.05, 0) is 67.7 Å². The standard InChI is InChI=1S/C27H31N3O3/c1-2-18-16-24(29-30-26(31)25(28)19-9-5-3-6-10-19)32-23-17-22-20(15-21(18)23)11-14-27(33-22)12-7-4-8-13-27/h3,5-6,9-10,15-17,25H,2,4,7-8,11-14,28H2,1H3,(H,30,31)/b29-24-/t25-/m1/s1. The number of rotatable bonds is 4. The average molecular weight is 446 g/mol. The zero-order valence-corrected chi connectivity index (χ0v) is 19.1. The number of aryl methyl sites for hydroxylation is 2. The summed E-state index contributed by atoms with van der Waals surface area (Å²) in [5.41, 5.74) is 12.8. The van der Waals surface area contributed by atoms with Gasteiger partial charge in [0.1, 0.15) is 23.0 Å².